The van der Waals surface area contributed by atoms with Crippen LogP contribution in [0.2, 0.25) is 0 Å². The van der Waals surface area contributed by atoms with E-state index in [2.05, 4.69) is 10.6 Å². The van der Waals surface area contributed by atoms with Crippen molar-refractivity contribution in [1.29, 1.82) is 0 Å². The summed E-state index contributed by atoms with van der Waals surface area (Å²) in [5.74, 6) is -1.19. The summed E-state index contributed by atoms with van der Waals surface area (Å²) in [6.45, 7) is 7.56. The maximum absolute atomic E-state index is 12.1. The molecule has 0 saturated carbocycles. The second-order valence-electron chi connectivity index (χ2n) is 4.95. The van der Waals surface area contributed by atoms with Crippen LogP contribution in [0.1, 0.15) is 40.5 Å². The van der Waals surface area contributed by atoms with E-state index in [1.54, 1.807) is 0 Å². The smallest absolute Gasteiger partial charge is 0.277 e. The SMILES string of the molecule is CCCC(C)C1(C(C)C)C(=O)NC(=O)NC1=O. The topological polar surface area (TPSA) is 75.3 Å². The van der Waals surface area contributed by atoms with Gasteiger partial charge in [0.05, 0.1) is 0 Å². The minimum atomic E-state index is -1.13. The molecular formula is C12H20N2O3. The maximum atomic E-state index is 12.1. The molecule has 5 heteroatoms. The zero-order valence-electron chi connectivity index (χ0n) is 10.8. The Balaban J connectivity index is 3.17. The second-order valence-corrected chi connectivity index (χ2v) is 4.95. The van der Waals surface area contributed by atoms with E-state index in [1.807, 2.05) is 27.7 Å². The molecule has 17 heavy (non-hydrogen) atoms. The first kappa shape index (κ1) is 13.7. The quantitative estimate of drug-likeness (QED) is 0.730. The molecule has 0 aliphatic carbocycles. The first-order chi connectivity index (χ1) is 7.87. The molecule has 1 atom stereocenters. The van der Waals surface area contributed by atoms with Crippen molar-refractivity contribution in [2.24, 2.45) is 17.3 Å². The first-order valence-electron chi connectivity index (χ1n) is 6.04. The van der Waals surface area contributed by atoms with Gasteiger partial charge < -0.3 is 0 Å². The molecular weight excluding hydrogens is 220 g/mol. The number of nitrogens with one attached hydrogen (secondary N) is 2. The van der Waals surface area contributed by atoms with Crippen molar-refractivity contribution in [2.75, 3.05) is 0 Å². The van der Waals surface area contributed by atoms with E-state index in [1.165, 1.54) is 0 Å². The van der Waals surface area contributed by atoms with E-state index in [-0.39, 0.29) is 11.8 Å². The number of carbonyl (C=O) groups excluding carboxylic acids is 3. The number of urea groups is 1. The lowest BCUT2D eigenvalue weighted by atomic mass is 9.65. The Bertz CT molecular complexity index is 330. The monoisotopic (exact) mass is 240 g/mol. The fraction of sp³-hybridized carbons (Fsp3) is 0.750. The fourth-order valence-corrected chi connectivity index (χ4v) is 2.75. The first-order valence-corrected chi connectivity index (χ1v) is 6.04. The van der Waals surface area contributed by atoms with Gasteiger partial charge in [-0.3, -0.25) is 20.2 Å². The number of barbiturate groups is 1. The standard InChI is InChI=1S/C12H20N2O3/c1-5-6-8(4)12(7(2)3)9(15)13-11(17)14-10(12)16/h7-8H,5-6H2,1-4H3,(H2,13,14,15,16,17). The molecule has 1 rings (SSSR count). The molecule has 0 aromatic heterocycles. The molecule has 1 saturated heterocycles. The van der Waals surface area contributed by atoms with E-state index in [0.717, 1.165) is 12.8 Å². The van der Waals surface area contributed by atoms with Crippen LogP contribution in [0.5, 0.6) is 0 Å². The Morgan fingerprint density at radius 2 is 1.53 bits per heavy atom. The second kappa shape index (κ2) is 4.85. The van der Waals surface area contributed by atoms with E-state index in [4.69, 9.17) is 0 Å². The summed E-state index contributed by atoms with van der Waals surface area (Å²) in [5.41, 5.74) is -1.13. The number of carbonyl (C=O) groups is 3. The molecule has 5 nitrogen and oxygen atoms in total. The van der Waals surface area contributed by atoms with E-state index >= 15 is 0 Å². The highest BCUT2D eigenvalue weighted by atomic mass is 16.2. The summed E-state index contributed by atoms with van der Waals surface area (Å²) < 4.78 is 0. The lowest BCUT2D eigenvalue weighted by Gasteiger charge is -2.41. The van der Waals surface area contributed by atoms with Crippen molar-refractivity contribution in [2.45, 2.75) is 40.5 Å². The molecule has 0 aromatic rings. The third kappa shape index (κ3) is 2.06. The molecule has 1 unspecified atom stereocenters. The Kier molecular flexibility index (Phi) is 3.91. The molecule has 1 heterocycles. The Hall–Kier alpha value is -1.39. The van der Waals surface area contributed by atoms with Crippen LogP contribution in [0.4, 0.5) is 4.79 Å². The van der Waals surface area contributed by atoms with Crippen LogP contribution in [-0.4, -0.2) is 17.8 Å². The number of amides is 4. The maximum Gasteiger partial charge on any atom is 0.328 e. The number of hydrogen-bond acceptors (Lipinski definition) is 3. The third-order valence-corrected chi connectivity index (χ3v) is 3.62. The van der Waals surface area contributed by atoms with Crippen molar-refractivity contribution in [1.82, 2.24) is 10.6 Å². The Morgan fingerprint density at radius 3 is 1.88 bits per heavy atom. The van der Waals surface area contributed by atoms with E-state index in [0.29, 0.717) is 0 Å². The van der Waals surface area contributed by atoms with E-state index in [9.17, 15) is 14.4 Å². The number of rotatable bonds is 4. The molecule has 1 aliphatic heterocycles. The highest BCUT2D eigenvalue weighted by Crippen LogP contribution is 2.40. The van der Waals surface area contributed by atoms with Gasteiger partial charge in [0.25, 0.3) is 0 Å². The summed E-state index contributed by atoms with van der Waals surface area (Å²) >= 11 is 0. The van der Waals surface area contributed by atoms with Gasteiger partial charge in [0.15, 0.2) is 0 Å². The van der Waals surface area contributed by atoms with Crippen LogP contribution in [0.25, 0.3) is 0 Å². The van der Waals surface area contributed by atoms with Gasteiger partial charge in [-0.15, -0.1) is 0 Å². The van der Waals surface area contributed by atoms with Gasteiger partial charge in [0, 0.05) is 0 Å². The molecule has 0 bridgehead atoms. The van der Waals surface area contributed by atoms with Crippen LogP contribution in [0.15, 0.2) is 0 Å². The van der Waals surface area contributed by atoms with Gasteiger partial charge >= 0.3 is 6.03 Å². The fourth-order valence-electron chi connectivity index (χ4n) is 2.75. The van der Waals surface area contributed by atoms with Crippen LogP contribution >= 0.6 is 0 Å². The minimum absolute atomic E-state index is 0.0967. The van der Waals surface area contributed by atoms with Gasteiger partial charge in [-0.2, -0.15) is 0 Å². The molecule has 1 aliphatic rings. The highest BCUT2D eigenvalue weighted by molar-refractivity contribution is 6.19. The van der Waals surface area contributed by atoms with E-state index < -0.39 is 23.3 Å². The van der Waals surface area contributed by atoms with Gasteiger partial charge in [-0.05, 0) is 18.3 Å². The van der Waals surface area contributed by atoms with Crippen LogP contribution < -0.4 is 10.6 Å². The summed E-state index contributed by atoms with van der Waals surface area (Å²) in [6, 6.07) is -0.722. The van der Waals surface area contributed by atoms with Crippen LogP contribution in [0, 0.1) is 17.3 Å². The van der Waals surface area contributed by atoms with Crippen LogP contribution in [0.3, 0.4) is 0 Å². The van der Waals surface area contributed by atoms with Crippen molar-refractivity contribution in [3.05, 3.63) is 0 Å². The Labute approximate surface area is 101 Å². The number of hydrogen-bond donors (Lipinski definition) is 2. The Morgan fingerprint density at radius 1 is 1.06 bits per heavy atom. The third-order valence-electron chi connectivity index (χ3n) is 3.62. The van der Waals surface area contributed by atoms with Crippen molar-refractivity contribution >= 4 is 17.8 Å². The van der Waals surface area contributed by atoms with Crippen LogP contribution in [-0.2, 0) is 9.59 Å². The van der Waals surface area contributed by atoms with Gasteiger partial charge in [-0.1, -0.05) is 34.1 Å². The average Bonchev–Trinajstić information content (AvgIpc) is 2.16. The highest BCUT2D eigenvalue weighted by Gasteiger charge is 2.55. The average molecular weight is 240 g/mol. The molecule has 0 radical (unpaired) electrons. The molecule has 4 amide bonds. The number of imide groups is 2. The predicted octanol–water partition coefficient (Wildman–Crippen LogP) is 1.43. The molecule has 96 valence electrons. The van der Waals surface area contributed by atoms with Crippen molar-refractivity contribution < 1.29 is 14.4 Å². The lowest BCUT2D eigenvalue weighted by Crippen LogP contribution is -2.66. The summed E-state index contributed by atoms with van der Waals surface area (Å²) in [4.78, 5) is 35.3. The van der Waals surface area contributed by atoms with Crippen molar-refractivity contribution in [3.63, 3.8) is 0 Å². The van der Waals surface area contributed by atoms with Gasteiger partial charge in [0.2, 0.25) is 11.8 Å². The largest absolute Gasteiger partial charge is 0.328 e. The van der Waals surface area contributed by atoms with Crippen molar-refractivity contribution in [3.8, 4) is 0 Å². The van der Waals surface area contributed by atoms with Gasteiger partial charge in [-0.25, -0.2) is 4.79 Å². The van der Waals surface area contributed by atoms with Gasteiger partial charge in [0.1, 0.15) is 5.41 Å². The molecule has 2 N–H and O–H groups in total. The zero-order chi connectivity index (χ0) is 13.2. The summed E-state index contributed by atoms with van der Waals surface area (Å²) in [5, 5.41) is 4.42. The summed E-state index contributed by atoms with van der Waals surface area (Å²) in [7, 11) is 0. The normalized spacial score (nSPS) is 21.1. The molecule has 0 spiro atoms. The molecule has 1 fully saturated rings. The zero-order valence-corrected chi connectivity index (χ0v) is 10.8. The lowest BCUT2D eigenvalue weighted by molar-refractivity contribution is -0.152. The molecule has 0 aromatic carbocycles. The summed E-state index contributed by atoms with van der Waals surface area (Å²) in [6.07, 6.45) is 1.66. The minimum Gasteiger partial charge on any atom is -0.277 e. The predicted molar refractivity (Wildman–Crippen MR) is 63.0 cm³/mol.